The van der Waals surface area contributed by atoms with Crippen molar-refractivity contribution < 1.29 is 9.32 Å². The second kappa shape index (κ2) is 5.02. The maximum atomic E-state index is 12.7. The van der Waals surface area contributed by atoms with Crippen LogP contribution in [0.4, 0.5) is 0 Å². The van der Waals surface area contributed by atoms with Gasteiger partial charge in [0.15, 0.2) is 5.69 Å². The number of likely N-dealkylation sites (tertiary alicyclic amines) is 1. The monoisotopic (exact) mass is 282 g/mol. The second-order valence-corrected chi connectivity index (χ2v) is 5.96. The summed E-state index contributed by atoms with van der Waals surface area (Å²) >= 11 is 0. The average molecular weight is 282 g/mol. The lowest BCUT2D eigenvalue weighted by Gasteiger charge is -2.24. The third kappa shape index (κ3) is 2.35. The summed E-state index contributed by atoms with van der Waals surface area (Å²) in [6.07, 6.45) is 4.36. The summed E-state index contributed by atoms with van der Waals surface area (Å²) in [5, 5.41) is 3.98. The number of nitrogens with zero attached hydrogens (tertiary/aromatic N) is 2. The molecule has 1 saturated heterocycles. The summed E-state index contributed by atoms with van der Waals surface area (Å²) < 4.78 is 5.31. The first kappa shape index (κ1) is 12.6. The molecule has 0 N–H and O–H groups in total. The van der Waals surface area contributed by atoms with E-state index in [1.165, 1.54) is 5.56 Å². The third-order valence-corrected chi connectivity index (χ3v) is 4.43. The number of carbonyl (C=O) groups is 1. The first-order valence-corrected chi connectivity index (χ1v) is 7.65. The summed E-state index contributed by atoms with van der Waals surface area (Å²) in [5.74, 6) is 1.35. The van der Waals surface area contributed by atoms with Crippen molar-refractivity contribution in [1.29, 1.82) is 0 Å². The van der Waals surface area contributed by atoms with E-state index in [-0.39, 0.29) is 11.9 Å². The number of hydrogen-bond donors (Lipinski definition) is 0. The lowest BCUT2D eigenvalue weighted by Crippen LogP contribution is -2.30. The molecule has 4 heteroatoms. The van der Waals surface area contributed by atoms with Crippen molar-refractivity contribution in [2.75, 3.05) is 6.54 Å². The number of benzene rings is 1. The van der Waals surface area contributed by atoms with Crippen molar-refractivity contribution in [3.8, 4) is 0 Å². The van der Waals surface area contributed by atoms with Gasteiger partial charge in [0.05, 0.1) is 6.04 Å². The smallest absolute Gasteiger partial charge is 0.276 e. The molecule has 1 aliphatic heterocycles. The van der Waals surface area contributed by atoms with Gasteiger partial charge in [0.1, 0.15) is 5.76 Å². The third-order valence-electron chi connectivity index (χ3n) is 4.43. The van der Waals surface area contributed by atoms with Gasteiger partial charge in [-0.15, -0.1) is 0 Å². The summed E-state index contributed by atoms with van der Waals surface area (Å²) in [7, 11) is 0. The molecule has 108 valence electrons. The van der Waals surface area contributed by atoms with Crippen LogP contribution in [0, 0.1) is 0 Å². The minimum atomic E-state index is -0.00277. The van der Waals surface area contributed by atoms with E-state index in [2.05, 4.69) is 17.3 Å². The first-order valence-electron chi connectivity index (χ1n) is 7.65. The molecule has 1 saturated carbocycles. The van der Waals surface area contributed by atoms with Crippen LogP contribution in [0.1, 0.15) is 59.5 Å². The molecule has 4 rings (SSSR count). The quantitative estimate of drug-likeness (QED) is 0.865. The highest BCUT2D eigenvalue weighted by atomic mass is 16.5. The van der Waals surface area contributed by atoms with Crippen molar-refractivity contribution in [1.82, 2.24) is 10.1 Å². The van der Waals surface area contributed by atoms with E-state index in [4.69, 9.17) is 4.52 Å². The van der Waals surface area contributed by atoms with Gasteiger partial charge >= 0.3 is 0 Å². The number of hydrogen-bond acceptors (Lipinski definition) is 3. The lowest BCUT2D eigenvalue weighted by atomic mass is 10.0. The zero-order valence-electron chi connectivity index (χ0n) is 11.9. The molecule has 1 unspecified atom stereocenters. The normalized spacial score (nSPS) is 21.7. The van der Waals surface area contributed by atoms with Gasteiger partial charge in [0, 0.05) is 18.5 Å². The SMILES string of the molecule is O=C(c1cc(C2CC2)on1)N1CCCC1c1ccccc1. The van der Waals surface area contributed by atoms with Crippen LogP contribution in [0.3, 0.4) is 0 Å². The van der Waals surface area contributed by atoms with Gasteiger partial charge in [-0.3, -0.25) is 4.79 Å². The average Bonchev–Trinajstić information content (AvgIpc) is 3.07. The topological polar surface area (TPSA) is 46.3 Å². The van der Waals surface area contributed by atoms with Crippen LogP contribution in [0.5, 0.6) is 0 Å². The van der Waals surface area contributed by atoms with Crippen molar-refractivity contribution >= 4 is 5.91 Å². The van der Waals surface area contributed by atoms with E-state index in [1.807, 2.05) is 29.2 Å². The molecule has 2 heterocycles. The predicted molar refractivity (Wildman–Crippen MR) is 77.9 cm³/mol. The molecule has 2 fully saturated rings. The number of carbonyl (C=O) groups excluding carboxylic acids is 1. The molecule has 1 atom stereocenters. The molecule has 0 spiro atoms. The van der Waals surface area contributed by atoms with Crippen molar-refractivity contribution in [3.63, 3.8) is 0 Å². The fourth-order valence-electron chi connectivity index (χ4n) is 3.13. The van der Waals surface area contributed by atoms with Gasteiger partial charge in [-0.1, -0.05) is 35.5 Å². The van der Waals surface area contributed by atoms with Crippen molar-refractivity contribution in [2.24, 2.45) is 0 Å². The molecule has 1 aromatic carbocycles. The summed E-state index contributed by atoms with van der Waals surface area (Å²) in [4.78, 5) is 14.6. The van der Waals surface area contributed by atoms with Crippen LogP contribution in [0.25, 0.3) is 0 Å². The maximum Gasteiger partial charge on any atom is 0.276 e. The minimum Gasteiger partial charge on any atom is -0.360 e. The zero-order chi connectivity index (χ0) is 14.2. The Balaban J connectivity index is 1.57. The van der Waals surface area contributed by atoms with E-state index in [1.54, 1.807) is 0 Å². The van der Waals surface area contributed by atoms with Crippen LogP contribution in [-0.4, -0.2) is 22.5 Å². The lowest BCUT2D eigenvalue weighted by molar-refractivity contribution is 0.0725. The van der Waals surface area contributed by atoms with E-state index in [0.717, 1.165) is 38.0 Å². The highest BCUT2D eigenvalue weighted by molar-refractivity contribution is 5.92. The fourth-order valence-corrected chi connectivity index (χ4v) is 3.13. The Labute approximate surface area is 123 Å². The van der Waals surface area contributed by atoms with E-state index >= 15 is 0 Å². The first-order chi connectivity index (χ1) is 10.3. The van der Waals surface area contributed by atoms with Gasteiger partial charge < -0.3 is 9.42 Å². The highest BCUT2D eigenvalue weighted by Gasteiger charge is 2.34. The van der Waals surface area contributed by atoms with Crippen molar-refractivity contribution in [2.45, 2.75) is 37.6 Å². The molecular formula is C17H18N2O2. The van der Waals surface area contributed by atoms with Gasteiger partial charge in [-0.2, -0.15) is 0 Å². The molecule has 2 aliphatic rings. The maximum absolute atomic E-state index is 12.7. The standard InChI is InChI=1S/C17H18N2O2/c20-17(14-11-16(21-18-14)13-8-9-13)19-10-4-7-15(19)12-5-2-1-3-6-12/h1-3,5-6,11,13,15H,4,7-10H2. The Kier molecular flexibility index (Phi) is 3.02. The van der Waals surface area contributed by atoms with Gasteiger partial charge in [-0.05, 0) is 31.2 Å². The van der Waals surface area contributed by atoms with Crippen LogP contribution in [0.15, 0.2) is 40.9 Å². The molecule has 0 bridgehead atoms. The largest absolute Gasteiger partial charge is 0.360 e. The van der Waals surface area contributed by atoms with Crippen LogP contribution >= 0.6 is 0 Å². The van der Waals surface area contributed by atoms with Crippen molar-refractivity contribution in [3.05, 3.63) is 53.4 Å². The number of aromatic nitrogens is 1. The molecule has 1 aliphatic carbocycles. The number of rotatable bonds is 3. The molecule has 2 aromatic rings. The molecule has 21 heavy (non-hydrogen) atoms. The highest BCUT2D eigenvalue weighted by Crippen LogP contribution is 2.40. The zero-order valence-corrected chi connectivity index (χ0v) is 11.9. The molecule has 0 radical (unpaired) electrons. The minimum absolute atomic E-state index is 0.00277. The number of amides is 1. The van der Waals surface area contributed by atoms with Crippen LogP contribution < -0.4 is 0 Å². The van der Waals surface area contributed by atoms with Crippen LogP contribution in [0.2, 0.25) is 0 Å². The molecular weight excluding hydrogens is 264 g/mol. The summed E-state index contributed by atoms with van der Waals surface area (Å²) in [6, 6.07) is 12.2. The van der Waals surface area contributed by atoms with Gasteiger partial charge in [-0.25, -0.2) is 0 Å². The van der Waals surface area contributed by atoms with E-state index < -0.39 is 0 Å². The Morgan fingerprint density at radius 3 is 2.76 bits per heavy atom. The molecule has 4 nitrogen and oxygen atoms in total. The fraction of sp³-hybridized carbons (Fsp3) is 0.412. The Morgan fingerprint density at radius 1 is 1.19 bits per heavy atom. The van der Waals surface area contributed by atoms with Gasteiger partial charge in [0.25, 0.3) is 5.91 Å². The Hall–Kier alpha value is -2.10. The van der Waals surface area contributed by atoms with Crippen LogP contribution in [-0.2, 0) is 0 Å². The van der Waals surface area contributed by atoms with Gasteiger partial charge in [0.2, 0.25) is 0 Å². The summed E-state index contributed by atoms with van der Waals surface area (Å²) in [6.45, 7) is 0.796. The Morgan fingerprint density at radius 2 is 2.00 bits per heavy atom. The predicted octanol–water partition coefficient (Wildman–Crippen LogP) is 3.53. The second-order valence-electron chi connectivity index (χ2n) is 5.96. The summed E-state index contributed by atoms with van der Waals surface area (Å²) in [5.41, 5.74) is 1.66. The molecule has 1 amide bonds. The van der Waals surface area contributed by atoms with E-state index in [0.29, 0.717) is 11.6 Å². The van der Waals surface area contributed by atoms with E-state index in [9.17, 15) is 4.79 Å². The molecule has 1 aromatic heterocycles. The Bertz CT molecular complexity index is 646.